The summed E-state index contributed by atoms with van der Waals surface area (Å²) in [6.07, 6.45) is 6.24. The van der Waals surface area contributed by atoms with E-state index in [9.17, 15) is 4.79 Å². The van der Waals surface area contributed by atoms with Crippen molar-refractivity contribution in [3.8, 4) is 0 Å². The maximum Gasteiger partial charge on any atom is 0.248 e. The molecule has 0 saturated heterocycles. The van der Waals surface area contributed by atoms with E-state index in [2.05, 4.69) is 0 Å². The van der Waals surface area contributed by atoms with Gasteiger partial charge in [-0.1, -0.05) is 6.42 Å². The van der Waals surface area contributed by atoms with E-state index in [1.807, 2.05) is 0 Å². The summed E-state index contributed by atoms with van der Waals surface area (Å²) in [5.74, 6) is 0.394. The first-order valence-corrected chi connectivity index (χ1v) is 4.99. The largest absolute Gasteiger partial charge is 0.275 e. The highest BCUT2D eigenvalue weighted by molar-refractivity contribution is 5.78. The Balaban J connectivity index is 1.82. The van der Waals surface area contributed by atoms with Crippen LogP contribution in [-0.2, 0) is 9.63 Å². The van der Waals surface area contributed by atoms with E-state index < -0.39 is 0 Å². The van der Waals surface area contributed by atoms with Gasteiger partial charge in [0.25, 0.3) is 0 Å². The summed E-state index contributed by atoms with van der Waals surface area (Å²) in [5.41, 5.74) is 0.578. The van der Waals surface area contributed by atoms with Crippen molar-refractivity contribution in [3.63, 3.8) is 0 Å². The average Bonchev–Trinajstić information content (AvgIpc) is 1.97. The fourth-order valence-corrected chi connectivity index (χ4v) is 2.59. The number of hydrogen-bond donors (Lipinski definition) is 0. The Morgan fingerprint density at radius 1 is 1.46 bits per heavy atom. The molecule has 2 rings (SSSR count). The van der Waals surface area contributed by atoms with E-state index in [0.29, 0.717) is 5.41 Å². The van der Waals surface area contributed by atoms with Gasteiger partial charge in [0.2, 0.25) is 5.91 Å². The highest BCUT2D eigenvalue weighted by Crippen LogP contribution is 2.58. The molecule has 0 radical (unpaired) electrons. The van der Waals surface area contributed by atoms with Crippen molar-refractivity contribution >= 4 is 5.91 Å². The van der Waals surface area contributed by atoms with Crippen LogP contribution >= 0.6 is 0 Å². The molecule has 74 valence electrons. The highest BCUT2D eigenvalue weighted by Gasteiger charge is 2.51. The predicted molar refractivity (Wildman–Crippen MR) is 48.8 cm³/mol. The number of hydrogen-bond acceptors (Lipinski definition) is 2. The van der Waals surface area contributed by atoms with Crippen molar-refractivity contribution in [2.45, 2.75) is 32.1 Å². The lowest BCUT2D eigenvalue weighted by atomic mass is 9.51. The standard InChI is InChI=1S/C10H17NO2/c1-11(13-2)9(12)8-6-10(7-8)4-3-5-10/h8H,3-7H2,1-2H3. The van der Waals surface area contributed by atoms with Crippen LogP contribution in [0.5, 0.6) is 0 Å². The first-order chi connectivity index (χ1) is 6.17. The van der Waals surface area contributed by atoms with Gasteiger partial charge in [-0.05, 0) is 31.1 Å². The van der Waals surface area contributed by atoms with E-state index in [1.54, 1.807) is 7.05 Å². The molecule has 2 fully saturated rings. The molecule has 0 heterocycles. The molecular weight excluding hydrogens is 166 g/mol. The zero-order chi connectivity index (χ0) is 9.47. The number of hydroxylamine groups is 2. The van der Waals surface area contributed by atoms with Crippen LogP contribution < -0.4 is 0 Å². The number of nitrogens with zero attached hydrogens (tertiary/aromatic N) is 1. The molecule has 0 aromatic rings. The monoisotopic (exact) mass is 183 g/mol. The Kier molecular flexibility index (Phi) is 2.06. The Hall–Kier alpha value is -0.570. The first-order valence-electron chi connectivity index (χ1n) is 4.99. The molecule has 2 saturated carbocycles. The van der Waals surface area contributed by atoms with Crippen molar-refractivity contribution in [2.24, 2.45) is 11.3 Å². The quantitative estimate of drug-likeness (QED) is 0.608. The Morgan fingerprint density at radius 3 is 2.46 bits per heavy atom. The smallest absolute Gasteiger partial charge is 0.248 e. The Labute approximate surface area is 79.0 Å². The molecule has 0 N–H and O–H groups in total. The van der Waals surface area contributed by atoms with Crippen molar-refractivity contribution in [2.75, 3.05) is 14.2 Å². The van der Waals surface area contributed by atoms with Crippen molar-refractivity contribution in [1.82, 2.24) is 5.06 Å². The molecule has 0 atom stereocenters. The lowest BCUT2D eigenvalue weighted by Gasteiger charge is -2.53. The second kappa shape index (κ2) is 2.98. The first kappa shape index (κ1) is 9.00. The summed E-state index contributed by atoms with van der Waals surface area (Å²) < 4.78 is 0. The zero-order valence-corrected chi connectivity index (χ0v) is 8.38. The molecule has 1 amide bonds. The van der Waals surface area contributed by atoms with E-state index in [-0.39, 0.29) is 11.8 Å². The van der Waals surface area contributed by atoms with E-state index >= 15 is 0 Å². The van der Waals surface area contributed by atoms with Crippen LogP contribution in [-0.4, -0.2) is 25.1 Å². The molecule has 0 bridgehead atoms. The van der Waals surface area contributed by atoms with Gasteiger partial charge < -0.3 is 0 Å². The Morgan fingerprint density at radius 2 is 2.08 bits per heavy atom. The molecular formula is C10H17NO2. The number of rotatable bonds is 2. The summed E-state index contributed by atoms with van der Waals surface area (Å²) >= 11 is 0. The molecule has 3 heteroatoms. The summed E-state index contributed by atoms with van der Waals surface area (Å²) in [6, 6.07) is 0. The molecule has 0 aromatic carbocycles. The molecule has 0 aromatic heterocycles. The topological polar surface area (TPSA) is 29.5 Å². The Bertz CT molecular complexity index is 215. The predicted octanol–water partition coefficient (Wildman–Crippen LogP) is 1.59. The minimum absolute atomic E-state index is 0.153. The summed E-state index contributed by atoms with van der Waals surface area (Å²) in [7, 11) is 3.23. The molecule has 2 aliphatic carbocycles. The average molecular weight is 183 g/mol. The van der Waals surface area contributed by atoms with Crippen LogP contribution in [0.2, 0.25) is 0 Å². The van der Waals surface area contributed by atoms with Gasteiger partial charge in [-0.15, -0.1) is 0 Å². The van der Waals surface area contributed by atoms with Gasteiger partial charge >= 0.3 is 0 Å². The molecule has 2 aliphatic rings. The lowest BCUT2D eigenvalue weighted by Crippen LogP contribution is -2.49. The summed E-state index contributed by atoms with van der Waals surface area (Å²) in [6.45, 7) is 0. The third-order valence-electron chi connectivity index (χ3n) is 3.71. The second-order valence-corrected chi connectivity index (χ2v) is 4.48. The lowest BCUT2D eigenvalue weighted by molar-refractivity contribution is -0.184. The van der Waals surface area contributed by atoms with E-state index in [1.165, 1.54) is 31.4 Å². The van der Waals surface area contributed by atoms with Gasteiger partial charge in [0.05, 0.1) is 7.11 Å². The molecule has 0 unspecified atom stereocenters. The number of carbonyl (C=O) groups excluding carboxylic acids is 1. The van der Waals surface area contributed by atoms with Gasteiger partial charge in [0.15, 0.2) is 0 Å². The fraction of sp³-hybridized carbons (Fsp3) is 0.900. The minimum atomic E-state index is 0.153. The van der Waals surface area contributed by atoms with E-state index in [0.717, 1.165) is 12.8 Å². The molecule has 3 nitrogen and oxygen atoms in total. The highest BCUT2D eigenvalue weighted by atomic mass is 16.7. The van der Waals surface area contributed by atoms with Crippen LogP contribution in [0.3, 0.4) is 0 Å². The van der Waals surface area contributed by atoms with Crippen LogP contribution in [0.1, 0.15) is 32.1 Å². The molecule has 0 aliphatic heterocycles. The van der Waals surface area contributed by atoms with Crippen molar-refractivity contribution in [3.05, 3.63) is 0 Å². The van der Waals surface area contributed by atoms with Crippen molar-refractivity contribution < 1.29 is 9.63 Å². The summed E-state index contributed by atoms with van der Waals surface area (Å²) in [4.78, 5) is 16.5. The second-order valence-electron chi connectivity index (χ2n) is 4.48. The normalized spacial score (nSPS) is 25.1. The van der Waals surface area contributed by atoms with Crippen LogP contribution in [0.15, 0.2) is 0 Å². The summed E-state index contributed by atoms with van der Waals surface area (Å²) in [5, 5.41) is 1.36. The zero-order valence-electron chi connectivity index (χ0n) is 8.38. The maximum absolute atomic E-state index is 11.6. The third-order valence-corrected chi connectivity index (χ3v) is 3.71. The number of carbonyl (C=O) groups is 1. The van der Waals surface area contributed by atoms with Gasteiger partial charge in [-0.2, -0.15) is 0 Å². The fourth-order valence-electron chi connectivity index (χ4n) is 2.59. The van der Waals surface area contributed by atoms with Gasteiger partial charge in [-0.25, -0.2) is 5.06 Å². The molecule has 13 heavy (non-hydrogen) atoms. The van der Waals surface area contributed by atoms with Gasteiger partial charge in [0, 0.05) is 13.0 Å². The number of amides is 1. The van der Waals surface area contributed by atoms with Gasteiger partial charge in [0.1, 0.15) is 0 Å². The van der Waals surface area contributed by atoms with Crippen molar-refractivity contribution in [1.29, 1.82) is 0 Å². The molecule has 1 spiro atoms. The van der Waals surface area contributed by atoms with Crippen LogP contribution in [0, 0.1) is 11.3 Å². The van der Waals surface area contributed by atoms with E-state index in [4.69, 9.17) is 4.84 Å². The van der Waals surface area contributed by atoms with Crippen LogP contribution in [0.25, 0.3) is 0 Å². The van der Waals surface area contributed by atoms with Gasteiger partial charge in [-0.3, -0.25) is 9.63 Å². The third kappa shape index (κ3) is 1.35. The SMILES string of the molecule is CON(C)C(=O)C1CC2(CCC2)C1. The minimum Gasteiger partial charge on any atom is -0.275 e. The maximum atomic E-state index is 11.6. The van der Waals surface area contributed by atoms with Crippen LogP contribution in [0.4, 0.5) is 0 Å².